The zero-order valence-electron chi connectivity index (χ0n) is 9.07. The normalized spacial score (nSPS) is 15.0. The minimum absolute atomic E-state index is 0.0515. The maximum Gasteiger partial charge on any atom is 0.248 e. The molecule has 0 saturated heterocycles. The van der Waals surface area contributed by atoms with Crippen molar-refractivity contribution < 1.29 is 9.53 Å². The first-order chi connectivity index (χ1) is 7.15. The molecule has 1 amide bonds. The first-order valence-corrected chi connectivity index (χ1v) is 5.71. The van der Waals surface area contributed by atoms with E-state index in [0.717, 1.165) is 12.8 Å². The second-order valence-corrected chi connectivity index (χ2v) is 4.20. The van der Waals surface area contributed by atoms with Crippen LogP contribution in [0.15, 0.2) is 0 Å². The molecule has 15 heavy (non-hydrogen) atoms. The predicted molar refractivity (Wildman–Crippen MR) is 62.6 cm³/mol. The fourth-order valence-corrected chi connectivity index (χ4v) is 1.49. The summed E-state index contributed by atoms with van der Waals surface area (Å²) in [5.74, 6) is 0.0515. The molecule has 0 bridgehead atoms. The molecule has 0 aromatic carbocycles. The van der Waals surface area contributed by atoms with E-state index in [1.54, 1.807) is 0 Å². The van der Waals surface area contributed by atoms with Gasteiger partial charge < -0.3 is 15.4 Å². The van der Waals surface area contributed by atoms with Crippen LogP contribution in [0.3, 0.4) is 0 Å². The van der Waals surface area contributed by atoms with Gasteiger partial charge in [0.05, 0.1) is 4.99 Å². The Balaban J connectivity index is 2.35. The van der Waals surface area contributed by atoms with Gasteiger partial charge in [-0.2, -0.15) is 0 Å². The largest absolute Gasteiger partial charge is 0.393 e. The smallest absolute Gasteiger partial charge is 0.248 e. The van der Waals surface area contributed by atoms with E-state index in [1.165, 1.54) is 0 Å². The zero-order chi connectivity index (χ0) is 11.3. The molecule has 1 aliphatic carbocycles. The fraction of sp³-hybridized carbons (Fsp3) is 0.800. The van der Waals surface area contributed by atoms with E-state index in [2.05, 4.69) is 0 Å². The van der Waals surface area contributed by atoms with Crippen molar-refractivity contribution in [2.45, 2.75) is 32.2 Å². The number of carbonyl (C=O) groups excluding carboxylic acids is 1. The molecule has 86 valence electrons. The van der Waals surface area contributed by atoms with E-state index in [1.807, 2.05) is 11.8 Å². The van der Waals surface area contributed by atoms with E-state index >= 15 is 0 Å². The Labute approximate surface area is 95.8 Å². The van der Waals surface area contributed by atoms with Crippen molar-refractivity contribution in [1.82, 2.24) is 4.90 Å². The first-order valence-electron chi connectivity index (χ1n) is 5.30. The molecular weight excluding hydrogens is 212 g/mol. The Morgan fingerprint density at radius 2 is 2.27 bits per heavy atom. The van der Waals surface area contributed by atoms with Crippen molar-refractivity contribution in [2.75, 3.05) is 19.8 Å². The van der Waals surface area contributed by atoms with Crippen molar-refractivity contribution in [3.05, 3.63) is 0 Å². The first kappa shape index (κ1) is 12.4. The van der Waals surface area contributed by atoms with Crippen molar-refractivity contribution >= 4 is 23.1 Å². The minimum Gasteiger partial charge on any atom is -0.393 e. The lowest BCUT2D eigenvalue weighted by Gasteiger charge is -2.21. The maximum atomic E-state index is 11.7. The summed E-state index contributed by atoms with van der Waals surface area (Å²) in [6.07, 6.45) is 2.79. The summed E-state index contributed by atoms with van der Waals surface area (Å²) in [6.45, 7) is 3.25. The van der Waals surface area contributed by atoms with Crippen LogP contribution in [0.25, 0.3) is 0 Å². The molecule has 1 aliphatic rings. The van der Waals surface area contributed by atoms with E-state index in [9.17, 15) is 4.79 Å². The molecule has 4 nitrogen and oxygen atoms in total. The Morgan fingerprint density at radius 3 is 2.73 bits per heavy atom. The second kappa shape index (κ2) is 6.02. The van der Waals surface area contributed by atoms with E-state index < -0.39 is 0 Å². The number of ether oxygens (including phenoxy) is 1. The number of hydrogen-bond donors (Lipinski definition) is 1. The lowest BCUT2D eigenvalue weighted by molar-refractivity contribution is -0.136. The van der Waals surface area contributed by atoms with Crippen LogP contribution in [0.4, 0.5) is 0 Å². The van der Waals surface area contributed by atoms with Crippen LogP contribution in [-0.2, 0) is 9.53 Å². The number of nitrogens with zero attached hydrogens (tertiary/aromatic N) is 1. The Kier molecular flexibility index (Phi) is 4.98. The van der Waals surface area contributed by atoms with Gasteiger partial charge in [-0.15, -0.1) is 0 Å². The highest BCUT2D eigenvalue weighted by molar-refractivity contribution is 7.80. The third-order valence-corrected chi connectivity index (χ3v) is 2.54. The number of amides is 1. The lowest BCUT2D eigenvalue weighted by atomic mass is 10.3. The molecule has 2 N–H and O–H groups in total. The molecule has 0 radical (unpaired) electrons. The standard InChI is InChI=1S/C10H18N2O2S/c1-2-14-7-10(13)12(8-3-4-8)6-5-9(11)15/h8H,2-7H2,1H3,(H2,11,15). The van der Waals surface area contributed by atoms with Gasteiger partial charge in [-0.05, 0) is 19.8 Å². The van der Waals surface area contributed by atoms with Crippen molar-refractivity contribution in [3.8, 4) is 0 Å². The van der Waals surface area contributed by atoms with Crippen LogP contribution in [0.1, 0.15) is 26.2 Å². The molecule has 0 heterocycles. The van der Waals surface area contributed by atoms with Crippen LogP contribution in [0.2, 0.25) is 0 Å². The fourth-order valence-electron chi connectivity index (χ4n) is 1.40. The molecule has 1 fully saturated rings. The molecule has 1 saturated carbocycles. The molecule has 0 aromatic rings. The molecule has 0 aliphatic heterocycles. The van der Waals surface area contributed by atoms with Gasteiger partial charge in [0.25, 0.3) is 0 Å². The van der Waals surface area contributed by atoms with Crippen molar-refractivity contribution in [2.24, 2.45) is 5.73 Å². The number of carbonyl (C=O) groups is 1. The van der Waals surface area contributed by atoms with Crippen LogP contribution in [-0.4, -0.2) is 41.6 Å². The summed E-state index contributed by atoms with van der Waals surface area (Å²) in [7, 11) is 0. The zero-order valence-corrected chi connectivity index (χ0v) is 9.89. The molecular formula is C10H18N2O2S. The summed E-state index contributed by atoms with van der Waals surface area (Å²) in [4.78, 5) is 14.0. The van der Waals surface area contributed by atoms with Gasteiger partial charge in [-0.3, -0.25) is 4.79 Å². The number of hydrogen-bond acceptors (Lipinski definition) is 3. The number of rotatable bonds is 7. The van der Waals surface area contributed by atoms with Crippen LogP contribution >= 0.6 is 12.2 Å². The third kappa shape index (κ3) is 4.57. The molecule has 0 aromatic heterocycles. The van der Waals surface area contributed by atoms with Crippen LogP contribution in [0, 0.1) is 0 Å². The number of nitrogens with two attached hydrogens (primary N) is 1. The highest BCUT2D eigenvalue weighted by atomic mass is 32.1. The average molecular weight is 230 g/mol. The predicted octanol–water partition coefficient (Wildman–Crippen LogP) is 0.690. The highest BCUT2D eigenvalue weighted by Gasteiger charge is 2.31. The quantitative estimate of drug-likeness (QED) is 0.654. The van der Waals surface area contributed by atoms with Gasteiger partial charge in [0.2, 0.25) is 5.91 Å². The molecule has 0 spiro atoms. The van der Waals surface area contributed by atoms with E-state index in [-0.39, 0.29) is 12.5 Å². The Hall–Kier alpha value is -0.680. The Bertz CT molecular complexity index is 242. The minimum atomic E-state index is 0.0515. The highest BCUT2D eigenvalue weighted by Crippen LogP contribution is 2.26. The van der Waals surface area contributed by atoms with Crippen LogP contribution < -0.4 is 5.73 Å². The topological polar surface area (TPSA) is 55.6 Å². The van der Waals surface area contributed by atoms with E-state index in [0.29, 0.717) is 30.6 Å². The van der Waals surface area contributed by atoms with E-state index in [4.69, 9.17) is 22.7 Å². The lowest BCUT2D eigenvalue weighted by Crippen LogP contribution is -2.38. The average Bonchev–Trinajstić information content (AvgIpc) is 2.98. The van der Waals surface area contributed by atoms with Crippen molar-refractivity contribution in [3.63, 3.8) is 0 Å². The van der Waals surface area contributed by atoms with Gasteiger partial charge in [-0.25, -0.2) is 0 Å². The Morgan fingerprint density at radius 1 is 1.60 bits per heavy atom. The van der Waals surface area contributed by atoms with Gasteiger partial charge >= 0.3 is 0 Å². The summed E-state index contributed by atoms with van der Waals surface area (Å²) in [6, 6.07) is 0.396. The van der Waals surface area contributed by atoms with Crippen molar-refractivity contribution in [1.29, 1.82) is 0 Å². The SMILES string of the molecule is CCOCC(=O)N(CCC(N)=S)C1CC1. The monoisotopic (exact) mass is 230 g/mol. The number of thiocarbonyl (C=S) groups is 1. The maximum absolute atomic E-state index is 11.7. The summed E-state index contributed by atoms with van der Waals surface area (Å²) >= 11 is 4.80. The summed E-state index contributed by atoms with van der Waals surface area (Å²) in [5.41, 5.74) is 5.42. The molecule has 0 atom stereocenters. The van der Waals surface area contributed by atoms with Crippen LogP contribution in [0.5, 0.6) is 0 Å². The molecule has 5 heteroatoms. The third-order valence-electron chi connectivity index (χ3n) is 2.34. The summed E-state index contributed by atoms with van der Waals surface area (Å²) < 4.78 is 5.11. The molecule has 1 rings (SSSR count). The van der Waals surface area contributed by atoms with Gasteiger partial charge in [0, 0.05) is 25.6 Å². The van der Waals surface area contributed by atoms with Gasteiger partial charge in [-0.1, -0.05) is 12.2 Å². The second-order valence-electron chi connectivity index (χ2n) is 3.67. The summed E-state index contributed by atoms with van der Waals surface area (Å²) in [5, 5.41) is 0. The molecule has 0 unspecified atom stereocenters. The van der Waals surface area contributed by atoms with Gasteiger partial charge in [0.1, 0.15) is 6.61 Å². The van der Waals surface area contributed by atoms with Gasteiger partial charge in [0.15, 0.2) is 0 Å².